The van der Waals surface area contributed by atoms with Crippen LogP contribution in [0, 0.1) is 17.5 Å². The molecule has 0 radical (unpaired) electrons. The van der Waals surface area contributed by atoms with E-state index < -0.39 is 29.1 Å². The molecule has 0 saturated heterocycles. The number of hydrogen-bond acceptors (Lipinski definition) is 3. The molecule has 0 heterocycles. The second-order valence-corrected chi connectivity index (χ2v) is 4.37. The van der Waals surface area contributed by atoms with E-state index in [1.807, 2.05) is 0 Å². The van der Waals surface area contributed by atoms with Gasteiger partial charge in [-0.15, -0.1) is 0 Å². The van der Waals surface area contributed by atoms with E-state index in [9.17, 15) is 13.2 Å². The quantitative estimate of drug-likeness (QED) is 0.942. The normalized spacial score (nSPS) is 12.1. The summed E-state index contributed by atoms with van der Waals surface area (Å²) in [5, 5.41) is 0. The van der Waals surface area contributed by atoms with Gasteiger partial charge in [0.05, 0.1) is 20.3 Å². The Morgan fingerprint density at radius 1 is 0.857 bits per heavy atom. The van der Waals surface area contributed by atoms with Gasteiger partial charge in [0.15, 0.2) is 0 Å². The molecule has 0 saturated carbocycles. The molecule has 0 aromatic heterocycles. The average molecular weight is 297 g/mol. The number of hydrogen-bond donors (Lipinski definition) is 1. The van der Waals surface area contributed by atoms with Crippen LogP contribution in [0.4, 0.5) is 13.2 Å². The maximum atomic E-state index is 14.0. The Hall–Kier alpha value is -2.21. The van der Waals surface area contributed by atoms with Crippen molar-refractivity contribution >= 4 is 0 Å². The number of halogens is 3. The van der Waals surface area contributed by atoms with E-state index in [1.54, 1.807) is 0 Å². The van der Waals surface area contributed by atoms with E-state index in [4.69, 9.17) is 15.2 Å². The van der Waals surface area contributed by atoms with Crippen LogP contribution in [0.1, 0.15) is 17.2 Å². The smallest absolute Gasteiger partial charge is 0.134 e. The van der Waals surface area contributed by atoms with Gasteiger partial charge in [-0.3, -0.25) is 0 Å². The van der Waals surface area contributed by atoms with Crippen LogP contribution in [-0.4, -0.2) is 14.2 Å². The molecule has 1 atom stereocenters. The second-order valence-electron chi connectivity index (χ2n) is 4.37. The van der Waals surface area contributed by atoms with Crippen molar-refractivity contribution in [2.45, 2.75) is 6.04 Å². The summed E-state index contributed by atoms with van der Waals surface area (Å²) in [6.45, 7) is 0. The summed E-state index contributed by atoms with van der Waals surface area (Å²) in [7, 11) is 2.67. The Kier molecular flexibility index (Phi) is 4.37. The van der Waals surface area contributed by atoms with E-state index in [0.29, 0.717) is 5.75 Å². The van der Waals surface area contributed by atoms with Crippen molar-refractivity contribution in [1.29, 1.82) is 0 Å². The minimum atomic E-state index is -1.28. The average Bonchev–Trinajstić information content (AvgIpc) is 2.45. The zero-order valence-corrected chi connectivity index (χ0v) is 11.5. The predicted molar refractivity (Wildman–Crippen MR) is 71.9 cm³/mol. The first-order valence-electron chi connectivity index (χ1n) is 6.10. The van der Waals surface area contributed by atoms with E-state index in [-0.39, 0.29) is 11.3 Å². The highest BCUT2D eigenvalue weighted by molar-refractivity contribution is 5.40. The summed E-state index contributed by atoms with van der Waals surface area (Å²) in [6, 6.07) is 4.63. The second kappa shape index (κ2) is 6.05. The zero-order valence-electron chi connectivity index (χ0n) is 11.5. The summed E-state index contributed by atoms with van der Waals surface area (Å²) in [5.41, 5.74) is 5.35. The molecular weight excluding hydrogens is 283 g/mol. The standard InChI is InChI=1S/C15H14F3NO2/c1-20-8-3-4-10(11(16)5-8)15(19)14-12(17)6-9(21-2)7-13(14)18/h3-7,15H,19H2,1-2H3. The first kappa shape index (κ1) is 15.2. The third-order valence-electron chi connectivity index (χ3n) is 3.14. The molecule has 0 spiro atoms. The Balaban J connectivity index is 2.47. The van der Waals surface area contributed by atoms with Gasteiger partial charge >= 0.3 is 0 Å². The van der Waals surface area contributed by atoms with Gasteiger partial charge in [-0.05, 0) is 6.07 Å². The summed E-state index contributed by atoms with van der Waals surface area (Å²) in [4.78, 5) is 0. The first-order valence-corrected chi connectivity index (χ1v) is 6.10. The minimum Gasteiger partial charge on any atom is -0.497 e. The lowest BCUT2D eigenvalue weighted by Gasteiger charge is -2.16. The van der Waals surface area contributed by atoms with Crippen molar-refractivity contribution < 1.29 is 22.6 Å². The Bertz CT molecular complexity index is 638. The highest BCUT2D eigenvalue weighted by atomic mass is 19.1. The van der Waals surface area contributed by atoms with Crippen LogP contribution in [-0.2, 0) is 0 Å². The van der Waals surface area contributed by atoms with Crippen molar-refractivity contribution in [3.63, 3.8) is 0 Å². The fraction of sp³-hybridized carbons (Fsp3) is 0.200. The summed E-state index contributed by atoms with van der Waals surface area (Å²) < 4.78 is 51.5. The molecule has 2 aromatic carbocycles. The van der Waals surface area contributed by atoms with Gasteiger partial charge in [-0.2, -0.15) is 0 Å². The summed E-state index contributed by atoms with van der Waals surface area (Å²) >= 11 is 0. The van der Waals surface area contributed by atoms with Crippen molar-refractivity contribution in [2.24, 2.45) is 5.73 Å². The number of methoxy groups -OCH3 is 2. The van der Waals surface area contributed by atoms with E-state index in [2.05, 4.69) is 0 Å². The molecule has 21 heavy (non-hydrogen) atoms. The van der Waals surface area contributed by atoms with Crippen LogP contribution in [0.5, 0.6) is 11.5 Å². The fourth-order valence-corrected chi connectivity index (χ4v) is 2.02. The molecule has 0 amide bonds. The van der Waals surface area contributed by atoms with Crippen LogP contribution < -0.4 is 15.2 Å². The zero-order chi connectivity index (χ0) is 15.6. The lowest BCUT2D eigenvalue weighted by atomic mass is 9.97. The molecule has 0 aliphatic carbocycles. The molecule has 112 valence electrons. The number of benzene rings is 2. The van der Waals surface area contributed by atoms with Crippen LogP contribution in [0.3, 0.4) is 0 Å². The number of nitrogens with two attached hydrogens (primary N) is 1. The third kappa shape index (κ3) is 2.95. The predicted octanol–water partition coefficient (Wildman–Crippen LogP) is 3.17. The van der Waals surface area contributed by atoms with E-state index >= 15 is 0 Å². The molecule has 2 aromatic rings. The van der Waals surface area contributed by atoms with E-state index in [0.717, 1.165) is 18.2 Å². The molecule has 6 heteroatoms. The number of rotatable bonds is 4. The van der Waals surface area contributed by atoms with Crippen LogP contribution in [0.15, 0.2) is 30.3 Å². The maximum Gasteiger partial charge on any atom is 0.134 e. The Morgan fingerprint density at radius 2 is 1.38 bits per heavy atom. The van der Waals surface area contributed by atoms with Gasteiger partial charge in [-0.1, -0.05) is 6.07 Å². The fourth-order valence-electron chi connectivity index (χ4n) is 2.02. The Labute approximate surface area is 120 Å². The van der Waals surface area contributed by atoms with Crippen molar-refractivity contribution in [3.05, 3.63) is 58.9 Å². The lowest BCUT2D eigenvalue weighted by Crippen LogP contribution is -2.17. The third-order valence-corrected chi connectivity index (χ3v) is 3.14. The summed E-state index contributed by atoms with van der Waals surface area (Å²) in [6.07, 6.45) is 0. The lowest BCUT2D eigenvalue weighted by molar-refractivity contribution is 0.404. The van der Waals surface area contributed by atoms with Crippen molar-refractivity contribution in [2.75, 3.05) is 14.2 Å². The van der Waals surface area contributed by atoms with Crippen LogP contribution in [0.25, 0.3) is 0 Å². The molecule has 2 rings (SSSR count). The van der Waals surface area contributed by atoms with Crippen molar-refractivity contribution in [3.8, 4) is 11.5 Å². The molecule has 0 bridgehead atoms. The summed E-state index contributed by atoms with van der Waals surface area (Å²) in [5.74, 6) is -2.17. The van der Waals surface area contributed by atoms with Crippen molar-refractivity contribution in [1.82, 2.24) is 0 Å². The largest absolute Gasteiger partial charge is 0.497 e. The number of ether oxygens (including phenoxy) is 2. The molecule has 0 aliphatic rings. The minimum absolute atomic E-state index is 0.0242. The van der Waals surface area contributed by atoms with Gasteiger partial charge in [0, 0.05) is 29.3 Å². The molecular formula is C15H14F3NO2. The SMILES string of the molecule is COc1ccc(C(N)c2c(F)cc(OC)cc2F)c(F)c1. The van der Waals surface area contributed by atoms with Gasteiger partial charge in [0.1, 0.15) is 29.0 Å². The monoisotopic (exact) mass is 297 g/mol. The molecule has 3 nitrogen and oxygen atoms in total. The van der Waals surface area contributed by atoms with Gasteiger partial charge < -0.3 is 15.2 Å². The van der Waals surface area contributed by atoms with Crippen LogP contribution in [0.2, 0.25) is 0 Å². The van der Waals surface area contributed by atoms with Crippen LogP contribution >= 0.6 is 0 Å². The van der Waals surface area contributed by atoms with Gasteiger partial charge in [-0.25, -0.2) is 13.2 Å². The molecule has 2 N–H and O–H groups in total. The topological polar surface area (TPSA) is 44.5 Å². The van der Waals surface area contributed by atoms with Gasteiger partial charge in [0.25, 0.3) is 0 Å². The first-order chi connectivity index (χ1) is 9.97. The van der Waals surface area contributed by atoms with E-state index in [1.165, 1.54) is 26.4 Å². The Morgan fingerprint density at radius 3 is 1.86 bits per heavy atom. The maximum absolute atomic E-state index is 14.0. The van der Waals surface area contributed by atoms with Gasteiger partial charge in [0.2, 0.25) is 0 Å². The molecule has 0 aliphatic heterocycles. The molecule has 1 unspecified atom stereocenters. The highest BCUT2D eigenvalue weighted by Gasteiger charge is 2.22. The molecule has 0 fully saturated rings. The highest BCUT2D eigenvalue weighted by Crippen LogP contribution is 2.30.